The van der Waals surface area contributed by atoms with Gasteiger partial charge in [-0.2, -0.15) is 0 Å². The summed E-state index contributed by atoms with van der Waals surface area (Å²) in [6.07, 6.45) is 3.57. The zero-order valence-corrected chi connectivity index (χ0v) is 14.1. The molecule has 25 heavy (non-hydrogen) atoms. The van der Waals surface area contributed by atoms with E-state index in [9.17, 15) is 0 Å². The molecule has 3 aromatic rings. The van der Waals surface area contributed by atoms with Crippen LogP contribution in [0.3, 0.4) is 0 Å². The Morgan fingerprint density at radius 3 is 2.28 bits per heavy atom. The van der Waals surface area contributed by atoms with E-state index in [-0.39, 0.29) is 0 Å². The van der Waals surface area contributed by atoms with E-state index in [0.717, 1.165) is 49.6 Å². The third-order valence-electron chi connectivity index (χ3n) is 4.45. The zero-order chi connectivity index (χ0) is 16.9. The van der Waals surface area contributed by atoms with Gasteiger partial charge in [0.2, 0.25) is 5.88 Å². The van der Waals surface area contributed by atoms with E-state index < -0.39 is 0 Å². The van der Waals surface area contributed by atoms with Gasteiger partial charge in [-0.05, 0) is 17.7 Å². The van der Waals surface area contributed by atoms with Gasteiger partial charge in [-0.15, -0.1) is 0 Å². The summed E-state index contributed by atoms with van der Waals surface area (Å²) in [6.45, 7) is 2.98. The predicted octanol–water partition coefficient (Wildman–Crippen LogP) is 3.87. The van der Waals surface area contributed by atoms with E-state index in [1.807, 2.05) is 30.3 Å². The minimum Gasteiger partial charge on any atom is -0.437 e. The van der Waals surface area contributed by atoms with Gasteiger partial charge in [0.15, 0.2) is 0 Å². The van der Waals surface area contributed by atoms with Gasteiger partial charge in [-0.3, -0.25) is 9.88 Å². The topological polar surface area (TPSA) is 38.2 Å². The predicted molar refractivity (Wildman–Crippen MR) is 97.7 cm³/mol. The van der Waals surface area contributed by atoms with E-state index >= 15 is 0 Å². The molecule has 1 aliphatic heterocycles. The molecule has 0 atom stereocenters. The Balaban J connectivity index is 1.44. The van der Waals surface area contributed by atoms with Gasteiger partial charge in [0.05, 0.1) is 17.6 Å². The maximum Gasteiger partial charge on any atom is 0.238 e. The first kappa shape index (κ1) is 15.8. The first-order chi connectivity index (χ1) is 12.4. The Labute approximate surface area is 148 Å². The van der Waals surface area contributed by atoms with Crippen LogP contribution in [-0.2, 0) is 19.4 Å². The van der Waals surface area contributed by atoms with Gasteiger partial charge in [-0.1, -0.05) is 48.5 Å². The summed E-state index contributed by atoms with van der Waals surface area (Å²) in [5, 5.41) is 0. The molecule has 1 aromatic heterocycles. The van der Waals surface area contributed by atoms with Gasteiger partial charge in [-0.25, -0.2) is 4.98 Å². The summed E-state index contributed by atoms with van der Waals surface area (Å²) in [6, 6.07) is 20.3. The highest BCUT2D eigenvalue weighted by molar-refractivity contribution is 5.27. The zero-order valence-electron chi connectivity index (χ0n) is 14.1. The normalized spacial score (nSPS) is 14.6. The fourth-order valence-electron chi connectivity index (χ4n) is 3.14. The molecular formula is C21H21N3O. The van der Waals surface area contributed by atoms with Gasteiger partial charge in [0.1, 0.15) is 5.75 Å². The minimum atomic E-state index is 0.571. The van der Waals surface area contributed by atoms with Crippen molar-refractivity contribution in [3.05, 3.63) is 83.8 Å². The van der Waals surface area contributed by atoms with Crippen molar-refractivity contribution in [2.75, 3.05) is 13.1 Å². The highest BCUT2D eigenvalue weighted by Crippen LogP contribution is 2.21. The quantitative estimate of drug-likeness (QED) is 0.727. The standard InChI is InChI=1S/C21H21N3O/c1-3-7-17(8-4-1)16-24-13-11-19-20(12-14-24)23-21(15-22-19)25-18-9-5-2-6-10-18/h1-10,15H,11-14,16H2. The molecule has 0 fully saturated rings. The van der Waals surface area contributed by atoms with Gasteiger partial charge in [0.25, 0.3) is 0 Å². The second-order valence-corrected chi connectivity index (χ2v) is 6.28. The Kier molecular flexibility index (Phi) is 4.70. The lowest BCUT2D eigenvalue weighted by molar-refractivity contribution is 0.278. The number of fused-ring (bicyclic) bond motifs is 1. The Hall–Kier alpha value is -2.72. The van der Waals surface area contributed by atoms with E-state index in [2.05, 4.69) is 40.2 Å². The third kappa shape index (κ3) is 4.03. The highest BCUT2D eigenvalue weighted by atomic mass is 16.5. The van der Waals surface area contributed by atoms with E-state index in [0.29, 0.717) is 5.88 Å². The number of para-hydroxylation sites is 1. The van der Waals surface area contributed by atoms with Crippen molar-refractivity contribution in [1.82, 2.24) is 14.9 Å². The summed E-state index contributed by atoms with van der Waals surface area (Å²) in [4.78, 5) is 11.8. The monoisotopic (exact) mass is 331 g/mol. The van der Waals surface area contributed by atoms with E-state index in [4.69, 9.17) is 9.72 Å². The van der Waals surface area contributed by atoms with Crippen molar-refractivity contribution in [3.8, 4) is 11.6 Å². The van der Waals surface area contributed by atoms with Crippen LogP contribution >= 0.6 is 0 Å². The SMILES string of the molecule is c1ccc(CN2CCc3ncc(Oc4ccccc4)nc3CC2)cc1. The fourth-order valence-corrected chi connectivity index (χ4v) is 3.14. The van der Waals surface area contributed by atoms with E-state index in [1.54, 1.807) is 6.20 Å². The largest absolute Gasteiger partial charge is 0.437 e. The summed E-state index contributed by atoms with van der Waals surface area (Å²) in [5.41, 5.74) is 3.50. The molecule has 0 aliphatic carbocycles. The maximum atomic E-state index is 5.82. The molecule has 1 aliphatic rings. The Morgan fingerprint density at radius 1 is 0.840 bits per heavy atom. The van der Waals surface area contributed by atoms with Gasteiger partial charge < -0.3 is 4.74 Å². The van der Waals surface area contributed by atoms with Crippen LogP contribution in [0.25, 0.3) is 0 Å². The second kappa shape index (κ2) is 7.45. The molecule has 0 bridgehead atoms. The lowest BCUT2D eigenvalue weighted by Crippen LogP contribution is -2.25. The van der Waals surface area contributed by atoms with Crippen LogP contribution in [0, 0.1) is 0 Å². The van der Waals surface area contributed by atoms with Crippen molar-refractivity contribution in [2.45, 2.75) is 19.4 Å². The molecule has 4 nitrogen and oxygen atoms in total. The maximum absolute atomic E-state index is 5.82. The van der Waals surface area contributed by atoms with Crippen molar-refractivity contribution < 1.29 is 4.74 Å². The van der Waals surface area contributed by atoms with Gasteiger partial charge >= 0.3 is 0 Å². The van der Waals surface area contributed by atoms with Crippen LogP contribution in [0.1, 0.15) is 17.0 Å². The molecule has 0 saturated heterocycles. The van der Waals surface area contributed by atoms with Crippen LogP contribution in [0.2, 0.25) is 0 Å². The molecule has 0 radical (unpaired) electrons. The molecule has 0 N–H and O–H groups in total. The summed E-state index contributed by atoms with van der Waals surface area (Å²) < 4.78 is 5.82. The molecule has 0 saturated carbocycles. The van der Waals surface area contributed by atoms with Crippen molar-refractivity contribution in [2.24, 2.45) is 0 Å². The minimum absolute atomic E-state index is 0.571. The molecule has 4 rings (SSSR count). The highest BCUT2D eigenvalue weighted by Gasteiger charge is 2.17. The molecule has 0 spiro atoms. The number of aromatic nitrogens is 2. The number of ether oxygens (including phenoxy) is 1. The summed E-state index contributed by atoms with van der Waals surface area (Å²) in [5.74, 6) is 1.36. The Bertz CT molecular complexity index is 821. The molecule has 4 heteroatoms. The lowest BCUT2D eigenvalue weighted by Gasteiger charge is -2.19. The number of rotatable bonds is 4. The molecular weight excluding hydrogens is 310 g/mol. The lowest BCUT2D eigenvalue weighted by atomic mass is 10.2. The average Bonchev–Trinajstić information content (AvgIpc) is 2.86. The number of nitrogens with zero attached hydrogens (tertiary/aromatic N) is 3. The van der Waals surface area contributed by atoms with Crippen molar-refractivity contribution in [3.63, 3.8) is 0 Å². The van der Waals surface area contributed by atoms with Gasteiger partial charge in [0, 0.05) is 32.5 Å². The van der Waals surface area contributed by atoms with Crippen LogP contribution in [0.15, 0.2) is 66.9 Å². The third-order valence-corrected chi connectivity index (χ3v) is 4.45. The van der Waals surface area contributed by atoms with Crippen LogP contribution in [0.4, 0.5) is 0 Å². The van der Waals surface area contributed by atoms with Crippen molar-refractivity contribution >= 4 is 0 Å². The van der Waals surface area contributed by atoms with Crippen LogP contribution in [0.5, 0.6) is 11.6 Å². The fraction of sp³-hybridized carbons (Fsp3) is 0.238. The number of benzene rings is 2. The number of hydrogen-bond donors (Lipinski definition) is 0. The second-order valence-electron chi connectivity index (χ2n) is 6.28. The first-order valence-corrected chi connectivity index (χ1v) is 8.71. The summed E-state index contributed by atoms with van der Waals surface area (Å²) >= 11 is 0. The first-order valence-electron chi connectivity index (χ1n) is 8.71. The molecule has 0 amide bonds. The molecule has 0 unspecified atom stereocenters. The Morgan fingerprint density at radius 2 is 1.52 bits per heavy atom. The molecule has 2 aromatic carbocycles. The molecule has 126 valence electrons. The number of hydrogen-bond acceptors (Lipinski definition) is 4. The smallest absolute Gasteiger partial charge is 0.238 e. The van der Waals surface area contributed by atoms with Crippen LogP contribution in [-0.4, -0.2) is 28.0 Å². The molecule has 2 heterocycles. The summed E-state index contributed by atoms with van der Waals surface area (Å²) in [7, 11) is 0. The van der Waals surface area contributed by atoms with E-state index in [1.165, 1.54) is 5.56 Å². The average molecular weight is 331 g/mol. The van der Waals surface area contributed by atoms with Crippen molar-refractivity contribution in [1.29, 1.82) is 0 Å². The van der Waals surface area contributed by atoms with Crippen LogP contribution < -0.4 is 4.74 Å².